The Hall–Kier alpha value is -5.05. The number of nitro benzene ring substituents is 2. The minimum Gasteiger partial charge on any atom is -0.296 e. The van der Waals surface area contributed by atoms with Crippen molar-refractivity contribution in [3.63, 3.8) is 0 Å². The van der Waals surface area contributed by atoms with E-state index in [1.807, 2.05) is 0 Å². The Morgan fingerprint density at radius 3 is 1.71 bits per heavy atom. The second kappa shape index (κ2) is 11.1. The number of benzene rings is 4. The number of nitrogens with zero attached hydrogens (tertiary/aromatic N) is 4. The van der Waals surface area contributed by atoms with Crippen LogP contribution >= 0.6 is 0 Å². The van der Waals surface area contributed by atoms with Crippen LogP contribution in [0.3, 0.4) is 0 Å². The smallest absolute Gasteiger partial charge is 0.289 e. The number of hydrogen-bond donors (Lipinski definition) is 1. The van der Waals surface area contributed by atoms with Gasteiger partial charge in [0.25, 0.3) is 21.4 Å². The van der Waals surface area contributed by atoms with Crippen LogP contribution in [0.5, 0.6) is 0 Å². The highest BCUT2D eigenvalue weighted by Gasteiger charge is 2.42. The normalized spacial score (nSPS) is 17.3. The van der Waals surface area contributed by atoms with E-state index in [0.717, 1.165) is 24.3 Å². The molecule has 212 valence electrons. The van der Waals surface area contributed by atoms with Gasteiger partial charge in [0, 0.05) is 17.7 Å². The lowest BCUT2D eigenvalue weighted by molar-refractivity contribution is -0.388. The van der Waals surface area contributed by atoms with Crippen molar-refractivity contribution in [2.24, 2.45) is 8.76 Å². The summed E-state index contributed by atoms with van der Waals surface area (Å²) in [4.78, 5) is 20.4. The van der Waals surface area contributed by atoms with Crippen molar-refractivity contribution in [1.29, 1.82) is 0 Å². The topological polar surface area (TPSA) is 182 Å². The van der Waals surface area contributed by atoms with Crippen molar-refractivity contribution < 1.29 is 27.0 Å². The first-order valence-corrected chi connectivity index (χ1v) is 15.1. The third-order valence-corrected chi connectivity index (χ3v) is 9.08. The number of hydrogen-bond acceptors (Lipinski definition) is 8. The van der Waals surface area contributed by atoms with Crippen LogP contribution in [0.1, 0.15) is 17.0 Å². The summed E-state index contributed by atoms with van der Waals surface area (Å²) < 4.78 is 59.9. The van der Waals surface area contributed by atoms with Gasteiger partial charge < -0.3 is 0 Å². The molecule has 12 nitrogen and oxygen atoms in total. The molecule has 14 heteroatoms. The summed E-state index contributed by atoms with van der Waals surface area (Å²) in [6, 6.07) is 26.3. The minimum absolute atomic E-state index is 0.0328. The number of para-hydroxylation sites is 2. The Kier molecular flexibility index (Phi) is 7.51. The third-order valence-electron chi connectivity index (χ3n) is 6.38. The highest BCUT2D eigenvalue weighted by Crippen LogP contribution is 2.48. The molecule has 1 aliphatic carbocycles. The molecule has 0 spiro atoms. The summed E-state index contributed by atoms with van der Waals surface area (Å²) in [6.45, 7) is 0. The standard InChI is InChI=1S/C28H20N4O8S2/c33-31(34)21-15-7-9-17-23(21)41(37,38)29-27-25(19-11-3-1-4-12-19)28(26(27)20-13-5-2-6-14-20)30-42(39,40)24-18-10-8-16-22(24)32(35)36/h1-18,25H,(H,29,37,38)/b30-28+. The van der Waals surface area contributed by atoms with E-state index in [9.17, 15) is 37.4 Å². The van der Waals surface area contributed by atoms with E-state index < -0.39 is 57.0 Å². The number of rotatable bonds is 8. The van der Waals surface area contributed by atoms with Gasteiger partial charge in [-0.25, -0.2) is 4.21 Å². The fourth-order valence-electron chi connectivity index (χ4n) is 4.55. The molecule has 1 aliphatic rings. The Morgan fingerprint density at radius 2 is 1.14 bits per heavy atom. The van der Waals surface area contributed by atoms with Crippen LogP contribution in [0.25, 0.3) is 5.57 Å². The summed E-state index contributed by atoms with van der Waals surface area (Å²) in [5, 5.41) is 23.2. The second-order valence-electron chi connectivity index (χ2n) is 8.96. The SMILES string of the molecule is O=[N+]([O-])c1ccccc1S(=O)(=O)/N=C1/C(c2ccccc2)=C(N=S(=O)(O)c2ccccc2[N+](=O)[O-])C1c1ccccc1. The van der Waals surface area contributed by atoms with E-state index in [-0.39, 0.29) is 17.0 Å². The van der Waals surface area contributed by atoms with Crippen LogP contribution < -0.4 is 0 Å². The molecular weight excluding hydrogens is 584 g/mol. The highest BCUT2D eigenvalue weighted by atomic mass is 32.2. The fourth-order valence-corrected chi connectivity index (χ4v) is 6.99. The molecule has 0 saturated heterocycles. The van der Waals surface area contributed by atoms with Gasteiger partial charge in [-0.2, -0.15) is 17.2 Å². The van der Waals surface area contributed by atoms with Gasteiger partial charge in [0.15, 0.2) is 9.79 Å². The van der Waals surface area contributed by atoms with E-state index >= 15 is 0 Å². The lowest BCUT2D eigenvalue weighted by Crippen LogP contribution is -2.30. The van der Waals surface area contributed by atoms with Crippen molar-refractivity contribution in [3.05, 3.63) is 146 Å². The Labute approximate surface area is 240 Å². The quantitative estimate of drug-likeness (QED) is 0.192. The zero-order valence-corrected chi connectivity index (χ0v) is 23.0. The molecule has 0 fully saturated rings. The summed E-state index contributed by atoms with van der Waals surface area (Å²) >= 11 is 0. The van der Waals surface area contributed by atoms with Crippen LogP contribution in [-0.4, -0.2) is 32.7 Å². The Morgan fingerprint density at radius 1 is 0.667 bits per heavy atom. The van der Waals surface area contributed by atoms with Crippen molar-refractivity contribution >= 4 is 42.7 Å². The third kappa shape index (κ3) is 5.33. The van der Waals surface area contributed by atoms with Crippen LogP contribution in [0.15, 0.2) is 133 Å². The molecule has 2 unspecified atom stereocenters. The second-order valence-corrected chi connectivity index (χ2v) is 12.1. The van der Waals surface area contributed by atoms with E-state index in [1.54, 1.807) is 60.7 Å². The summed E-state index contributed by atoms with van der Waals surface area (Å²) in [5.74, 6) is -1.06. The maximum Gasteiger partial charge on any atom is 0.289 e. The van der Waals surface area contributed by atoms with Gasteiger partial charge in [0.05, 0.1) is 27.2 Å². The van der Waals surface area contributed by atoms with Gasteiger partial charge in [-0.15, -0.1) is 0 Å². The Bertz CT molecular complexity index is 2020. The molecule has 0 aromatic heterocycles. The number of allylic oxidation sites excluding steroid dienone is 2. The van der Waals surface area contributed by atoms with Crippen LogP contribution in [0.4, 0.5) is 11.4 Å². The van der Waals surface area contributed by atoms with Gasteiger partial charge in [-0.1, -0.05) is 84.9 Å². The van der Waals surface area contributed by atoms with Gasteiger partial charge >= 0.3 is 0 Å². The number of nitro groups is 2. The molecule has 0 bridgehead atoms. The van der Waals surface area contributed by atoms with E-state index in [1.165, 1.54) is 24.3 Å². The zero-order chi connectivity index (χ0) is 30.1. The molecule has 2 atom stereocenters. The van der Waals surface area contributed by atoms with Gasteiger partial charge in [-0.05, 0) is 23.3 Å². The molecule has 4 aromatic rings. The lowest BCUT2D eigenvalue weighted by Gasteiger charge is -2.33. The van der Waals surface area contributed by atoms with Crippen molar-refractivity contribution in [3.8, 4) is 0 Å². The molecule has 4 aromatic carbocycles. The first-order valence-electron chi connectivity index (χ1n) is 12.2. The van der Waals surface area contributed by atoms with Crippen molar-refractivity contribution in [2.75, 3.05) is 0 Å². The average molecular weight is 605 g/mol. The molecule has 0 radical (unpaired) electrons. The molecule has 42 heavy (non-hydrogen) atoms. The summed E-state index contributed by atoms with van der Waals surface area (Å²) in [7, 11) is -9.10. The zero-order valence-electron chi connectivity index (χ0n) is 21.4. The molecular formula is C28H20N4O8S2. The molecule has 0 aliphatic heterocycles. The predicted octanol–water partition coefficient (Wildman–Crippen LogP) is 5.84. The van der Waals surface area contributed by atoms with Crippen molar-refractivity contribution in [1.82, 2.24) is 0 Å². The van der Waals surface area contributed by atoms with Crippen LogP contribution in [0, 0.1) is 20.2 Å². The molecule has 0 amide bonds. The van der Waals surface area contributed by atoms with Gasteiger partial charge in [-0.3, -0.25) is 24.8 Å². The highest BCUT2D eigenvalue weighted by molar-refractivity contribution is 7.90. The maximum atomic E-state index is 13.6. The maximum absolute atomic E-state index is 13.6. The van der Waals surface area contributed by atoms with E-state index in [0.29, 0.717) is 11.1 Å². The monoisotopic (exact) mass is 604 g/mol. The molecule has 5 rings (SSSR count). The van der Waals surface area contributed by atoms with Crippen molar-refractivity contribution in [2.45, 2.75) is 15.7 Å². The molecule has 0 heterocycles. The summed E-state index contributed by atoms with van der Waals surface area (Å²) in [6.07, 6.45) is 0. The van der Waals surface area contributed by atoms with E-state index in [4.69, 9.17) is 0 Å². The Balaban J connectivity index is 1.82. The van der Waals surface area contributed by atoms with Crippen LogP contribution in [-0.2, 0) is 20.0 Å². The first-order chi connectivity index (χ1) is 20.0. The van der Waals surface area contributed by atoms with Gasteiger partial charge in [0.1, 0.15) is 0 Å². The molecule has 0 saturated carbocycles. The largest absolute Gasteiger partial charge is 0.296 e. The first kappa shape index (κ1) is 28.5. The van der Waals surface area contributed by atoms with E-state index in [2.05, 4.69) is 8.76 Å². The summed E-state index contributed by atoms with van der Waals surface area (Å²) in [5.41, 5.74) is -0.409. The minimum atomic E-state index is -4.67. The fraction of sp³-hybridized carbons (Fsp3) is 0.0357. The molecule has 1 N–H and O–H groups in total. The van der Waals surface area contributed by atoms with Crippen LogP contribution in [0.2, 0.25) is 0 Å². The van der Waals surface area contributed by atoms with Gasteiger partial charge in [0.2, 0.25) is 10.0 Å². The number of sulfonamides is 1. The lowest BCUT2D eigenvalue weighted by atomic mass is 9.73. The predicted molar refractivity (Wildman–Crippen MR) is 155 cm³/mol. The average Bonchev–Trinajstić information content (AvgIpc) is 2.97.